The topological polar surface area (TPSA) is 59.5 Å². The lowest BCUT2D eigenvalue weighted by Gasteiger charge is -2.18. The molecule has 136 valence electrons. The van der Waals surface area contributed by atoms with Crippen LogP contribution in [0.1, 0.15) is 12.8 Å². The second-order valence-corrected chi connectivity index (χ2v) is 6.69. The molecule has 0 atom stereocenters. The lowest BCUT2D eigenvalue weighted by Crippen LogP contribution is -2.21. The van der Waals surface area contributed by atoms with E-state index in [-0.39, 0.29) is 6.79 Å². The second-order valence-electron chi connectivity index (χ2n) is 6.69. The Morgan fingerprint density at radius 1 is 0.852 bits per heavy atom. The van der Waals surface area contributed by atoms with Crippen molar-refractivity contribution in [1.82, 2.24) is 9.97 Å². The van der Waals surface area contributed by atoms with Crippen molar-refractivity contribution in [2.45, 2.75) is 12.8 Å². The van der Waals surface area contributed by atoms with Crippen LogP contribution in [-0.2, 0) is 0 Å². The van der Waals surface area contributed by atoms with E-state index in [9.17, 15) is 0 Å². The average Bonchev–Trinajstić information content (AvgIpc) is 3.40. The first kappa shape index (κ1) is 15.9. The summed E-state index contributed by atoms with van der Waals surface area (Å²) in [5, 5.41) is 3.39. The van der Waals surface area contributed by atoms with Crippen LogP contribution in [0.3, 0.4) is 0 Å². The van der Waals surface area contributed by atoms with Crippen LogP contribution in [0.4, 0.5) is 17.5 Å². The molecule has 0 unspecified atom stereocenters. The second kappa shape index (κ2) is 6.79. The highest BCUT2D eigenvalue weighted by atomic mass is 16.7. The fourth-order valence-electron chi connectivity index (χ4n) is 3.44. The molecule has 2 aliphatic heterocycles. The molecule has 0 saturated carbocycles. The maximum atomic E-state index is 5.47. The smallest absolute Gasteiger partial charge is 0.231 e. The summed E-state index contributed by atoms with van der Waals surface area (Å²) in [6, 6.07) is 18.0. The van der Waals surface area contributed by atoms with E-state index in [0.717, 1.165) is 53.3 Å². The lowest BCUT2D eigenvalue weighted by molar-refractivity contribution is 0.174. The Morgan fingerprint density at radius 2 is 1.67 bits per heavy atom. The van der Waals surface area contributed by atoms with Crippen LogP contribution in [0.15, 0.2) is 54.6 Å². The van der Waals surface area contributed by atoms with Gasteiger partial charge in [-0.25, -0.2) is 4.98 Å². The molecule has 1 fully saturated rings. The monoisotopic (exact) mass is 360 g/mol. The maximum absolute atomic E-state index is 5.47. The van der Waals surface area contributed by atoms with Crippen LogP contribution in [0, 0.1) is 0 Å². The third-order valence-corrected chi connectivity index (χ3v) is 4.82. The van der Waals surface area contributed by atoms with Crippen LogP contribution in [0.2, 0.25) is 0 Å². The summed E-state index contributed by atoms with van der Waals surface area (Å²) in [6.45, 7) is 2.27. The molecule has 0 amide bonds. The number of hydrogen-bond acceptors (Lipinski definition) is 6. The molecule has 2 aromatic carbocycles. The molecular formula is C21H20N4O2. The molecule has 0 radical (unpaired) electrons. The van der Waals surface area contributed by atoms with Crippen molar-refractivity contribution in [3.63, 3.8) is 0 Å². The summed E-state index contributed by atoms with van der Waals surface area (Å²) in [7, 11) is 0. The molecule has 1 aromatic heterocycles. The van der Waals surface area contributed by atoms with Gasteiger partial charge in [-0.2, -0.15) is 4.98 Å². The van der Waals surface area contributed by atoms with Gasteiger partial charge in [0.05, 0.1) is 5.69 Å². The SMILES string of the molecule is c1ccc(-c2cc(Nc3ccc4c(c3)OCO4)nc(N3CCCC3)n2)cc1. The highest BCUT2D eigenvalue weighted by molar-refractivity contribution is 5.69. The number of rotatable bonds is 4. The zero-order valence-corrected chi connectivity index (χ0v) is 14.9. The van der Waals surface area contributed by atoms with Gasteiger partial charge in [0, 0.05) is 36.5 Å². The van der Waals surface area contributed by atoms with Crippen molar-refractivity contribution in [1.29, 1.82) is 0 Å². The fourth-order valence-corrected chi connectivity index (χ4v) is 3.44. The summed E-state index contributed by atoms with van der Waals surface area (Å²) in [5.41, 5.74) is 2.90. The first-order valence-electron chi connectivity index (χ1n) is 9.21. The molecule has 6 nitrogen and oxygen atoms in total. The highest BCUT2D eigenvalue weighted by Crippen LogP contribution is 2.35. The Bertz CT molecular complexity index is 956. The quantitative estimate of drug-likeness (QED) is 0.752. The molecule has 2 aliphatic rings. The molecule has 0 bridgehead atoms. The molecule has 0 aliphatic carbocycles. The van der Waals surface area contributed by atoms with Gasteiger partial charge in [-0.3, -0.25) is 0 Å². The van der Waals surface area contributed by atoms with Crippen LogP contribution >= 0.6 is 0 Å². The van der Waals surface area contributed by atoms with E-state index in [0.29, 0.717) is 0 Å². The molecule has 0 spiro atoms. The van der Waals surface area contributed by atoms with Gasteiger partial charge in [-0.1, -0.05) is 30.3 Å². The molecule has 3 aromatic rings. The van der Waals surface area contributed by atoms with Gasteiger partial charge < -0.3 is 19.7 Å². The summed E-state index contributed by atoms with van der Waals surface area (Å²) < 4.78 is 10.9. The predicted molar refractivity (Wildman–Crippen MR) is 105 cm³/mol. The Labute approximate surface area is 157 Å². The average molecular weight is 360 g/mol. The Morgan fingerprint density at radius 3 is 2.52 bits per heavy atom. The van der Waals surface area contributed by atoms with E-state index in [1.165, 1.54) is 12.8 Å². The Kier molecular flexibility index (Phi) is 4.01. The van der Waals surface area contributed by atoms with Gasteiger partial charge in [0.15, 0.2) is 11.5 Å². The Hall–Kier alpha value is -3.28. The van der Waals surface area contributed by atoms with Gasteiger partial charge in [0.25, 0.3) is 0 Å². The van der Waals surface area contributed by atoms with E-state index in [1.807, 2.05) is 42.5 Å². The molecule has 3 heterocycles. The van der Waals surface area contributed by atoms with Gasteiger partial charge in [0.2, 0.25) is 12.7 Å². The minimum atomic E-state index is 0.267. The molecule has 1 saturated heterocycles. The van der Waals surface area contributed by atoms with Crippen LogP contribution in [0.25, 0.3) is 11.3 Å². The number of hydrogen-bond donors (Lipinski definition) is 1. The van der Waals surface area contributed by atoms with E-state index >= 15 is 0 Å². The first-order chi connectivity index (χ1) is 13.3. The standard InChI is InChI=1S/C21H20N4O2/c1-2-6-15(7-3-1)17-13-20(24-21(23-17)25-10-4-5-11-25)22-16-8-9-18-19(12-16)27-14-26-18/h1-3,6-9,12-13H,4-5,10-11,14H2,(H,22,23,24). The number of benzene rings is 2. The van der Waals surface area contributed by atoms with Crippen LogP contribution in [0.5, 0.6) is 11.5 Å². The van der Waals surface area contributed by atoms with Gasteiger partial charge in [0.1, 0.15) is 5.82 Å². The molecule has 1 N–H and O–H groups in total. The molecule has 5 rings (SSSR count). The lowest BCUT2D eigenvalue weighted by atomic mass is 10.1. The van der Waals surface area contributed by atoms with Crippen molar-refractivity contribution >= 4 is 17.5 Å². The summed E-state index contributed by atoms with van der Waals surface area (Å²) >= 11 is 0. The van der Waals surface area contributed by atoms with E-state index in [2.05, 4.69) is 22.3 Å². The van der Waals surface area contributed by atoms with Gasteiger partial charge in [-0.15, -0.1) is 0 Å². The minimum Gasteiger partial charge on any atom is -0.454 e. The summed E-state index contributed by atoms with van der Waals surface area (Å²) in [4.78, 5) is 11.8. The molecule has 27 heavy (non-hydrogen) atoms. The number of fused-ring (bicyclic) bond motifs is 1. The van der Waals surface area contributed by atoms with Crippen molar-refractivity contribution < 1.29 is 9.47 Å². The molecule has 6 heteroatoms. The predicted octanol–water partition coefficient (Wildman–Crippen LogP) is 4.22. The van der Waals surface area contributed by atoms with Crippen molar-refractivity contribution in [3.8, 4) is 22.8 Å². The number of nitrogens with zero attached hydrogens (tertiary/aromatic N) is 3. The van der Waals surface area contributed by atoms with Crippen LogP contribution < -0.4 is 19.7 Å². The van der Waals surface area contributed by atoms with E-state index in [1.54, 1.807) is 0 Å². The zero-order valence-electron chi connectivity index (χ0n) is 14.9. The number of aromatic nitrogens is 2. The summed E-state index contributed by atoms with van der Waals surface area (Å²) in [6.07, 6.45) is 2.37. The zero-order chi connectivity index (χ0) is 18.1. The van der Waals surface area contributed by atoms with Crippen LogP contribution in [-0.4, -0.2) is 29.9 Å². The third-order valence-electron chi connectivity index (χ3n) is 4.82. The Balaban J connectivity index is 1.51. The van der Waals surface area contributed by atoms with Crippen molar-refractivity contribution in [3.05, 3.63) is 54.6 Å². The maximum Gasteiger partial charge on any atom is 0.231 e. The number of ether oxygens (including phenoxy) is 2. The number of anilines is 3. The van der Waals surface area contributed by atoms with Gasteiger partial charge in [-0.05, 0) is 25.0 Å². The fraction of sp³-hybridized carbons (Fsp3) is 0.238. The van der Waals surface area contributed by atoms with E-state index in [4.69, 9.17) is 19.4 Å². The normalized spacial score (nSPS) is 15.2. The number of nitrogens with one attached hydrogen (secondary N) is 1. The third kappa shape index (κ3) is 3.26. The van der Waals surface area contributed by atoms with Crippen molar-refractivity contribution in [2.24, 2.45) is 0 Å². The molecular weight excluding hydrogens is 340 g/mol. The first-order valence-corrected chi connectivity index (χ1v) is 9.21. The minimum absolute atomic E-state index is 0.267. The van der Waals surface area contributed by atoms with E-state index < -0.39 is 0 Å². The summed E-state index contributed by atoms with van der Waals surface area (Å²) in [5.74, 6) is 3.06. The largest absolute Gasteiger partial charge is 0.454 e. The highest BCUT2D eigenvalue weighted by Gasteiger charge is 2.18. The van der Waals surface area contributed by atoms with Gasteiger partial charge >= 0.3 is 0 Å². The van der Waals surface area contributed by atoms with Crippen molar-refractivity contribution in [2.75, 3.05) is 30.1 Å².